The minimum atomic E-state index is -0.244. The quantitative estimate of drug-likeness (QED) is 0.710. The molecule has 0 aliphatic rings. The van der Waals surface area contributed by atoms with Gasteiger partial charge in [-0.15, -0.1) is 0 Å². The molecule has 100 valence electrons. The molecular formula is C16H14FN3. The number of hydrogen-bond acceptors (Lipinski definition) is 2. The maximum Gasteiger partial charge on any atom is 0.123 e. The molecular weight excluding hydrogens is 253 g/mol. The average Bonchev–Trinajstić information content (AvgIpc) is 2.82. The van der Waals surface area contributed by atoms with Gasteiger partial charge >= 0.3 is 0 Å². The molecule has 0 amide bonds. The lowest BCUT2D eigenvalue weighted by atomic mass is 10.00. The summed E-state index contributed by atoms with van der Waals surface area (Å²) in [6, 6.07) is 8.37. The second-order valence-electron chi connectivity index (χ2n) is 4.76. The second-order valence-corrected chi connectivity index (χ2v) is 4.76. The molecule has 2 heterocycles. The number of benzene rings is 1. The highest BCUT2D eigenvalue weighted by molar-refractivity contribution is 5.81. The molecule has 3 aromatic rings. The Balaban J connectivity index is 2.18. The van der Waals surface area contributed by atoms with Crippen LogP contribution in [0.5, 0.6) is 0 Å². The second kappa shape index (κ2) is 4.89. The first-order chi connectivity index (χ1) is 9.65. The molecule has 3 rings (SSSR count). The van der Waals surface area contributed by atoms with Crippen molar-refractivity contribution in [3.63, 3.8) is 0 Å². The van der Waals surface area contributed by atoms with Crippen LogP contribution in [-0.2, 0) is 7.05 Å². The fourth-order valence-corrected chi connectivity index (χ4v) is 2.28. The first-order valence-corrected chi connectivity index (χ1v) is 6.36. The van der Waals surface area contributed by atoms with Gasteiger partial charge in [0.25, 0.3) is 0 Å². The summed E-state index contributed by atoms with van der Waals surface area (Å²) in [5.74, 6) is -0.244. The van der Waals surface area contributed by atoms with Gasteiger partial charge in [-0.2, -0.15) is 5.10 Å². The van der Waals surface area contributed by atoms with Gasteiger partial charge in [0.05, 0.1) is 0 Å². The van der Waals surface area contributed by atoms with E-state index in [1.54, 1.807) is 23.0 Å². The molecule has 1 aromatic carbocycles. The molecule has 0 bridgehead atoms. The summed E-state index contributed by atoms with van der Waals surface area (Å²) < 4.78 is 14.8. The van der Waals surface area contributed by atoms with Crippen molar-refractivity contribution in [3.05, 3.63) is 60.3 Å². The molecule has 0 aliphatic carbocycles. The Labute approximate surface area is 116 Å². The molecule has 20 heavy (non-hydrogen) atoms. The average molecular weight is 267 g/mol. The van der Waals surface area contributed by atoms with Gasteiger partial charge in [0.2, 0.25) is 0 Å². The fraction of sp³-hybridized carbons (Fsp3) is 0.125. The van der Waals surface area contributed by atoms with Gasteiger partial charge in [0.1, 0.15) is 11.5 Å². The van der Waals surface area contributed by atoms with Crippen LogP contribution >= 0.6 is 0 Å². The van der Waals surface area contributed by atoms with Crippen molar-refractivity contribution in [2.45, 2.75) is 6.92 Å². The Morgan fingerprint density at radius 1 is 1.05 bits per heavy atom. The Bertz CT molecular complexity index is 745. The lowest BCUT2D eigenvalue weighted by Crippen LogP contribution is -1.88. The number of aryl methyl sites for hydroxylation is 2. The number of aromatic nitrogens is 3. The predicted molar refractivity (Wildman–Crippen MR) is 76.6 cm³/mol. The van der Waals surface area contributed by atoms with E-state index >= 15 is 0 Å². The highest BCUT2D eigenvalue weighted by Crippen LogP contribution is 2.32. The summed E-state index contributed by atoms with van der Waals surface area (Å²) >= 11 is 0. The molecule has 0 fully saturated rings. The van der Waals surface area contributed by atoms with E-state index in [-0.39, 0.29) is 5.82 Å². The highest BCUT2D eigenvalue weighted by atomic mass is 19.1. The number of rotatable bonds is 2. The normalized spacial score (nSPS) is 10.8. The van der Waals surface area contributed by atoms with Gasteiger partial charge in [-0.1, -0.05) is 0 Å². The molecule has 0 atom stereocenters. The van der Waals surface area contributed by atoms with Crippen LogP contribution in [0.25, 0.3) is 22.4 Å². The SMILES string of the molecule is Cc1cnccc1-c1cn(C)nc1-c1ccc(F)cc1. The van der Waals surface area contributed by atoms with Crippen LogP contribution in [0.1, 0.15) is 5.56 Å². The number of halogens is 1. The van der Waals surface area contributed by atoms with E-state index in [0.717, 1.165) is 27.9 Å². The molecule has 0 unspecified atom stereocenters. The third-order valence-electron chi connectivity index (χ3n) is 3.26. The first-order valence-electron chi connectivity index (χ1n) is 6.36. The van der Waals surface area contributed by atoms with Gasteiger partial charge in [0, 0.05) is 36.8 Å². The van der Waals surface area contributed by atoms with Crippen molar-refractivity contribution in [2.24, 2.45) is 7.05 Å². The third-order valence-corrected chi connectivity index (χ3v) is 3.26. The fourth-order valence-electron chi connectivity index (χ4n) is 2.28. The molecule has 0 saturated heterocycles. The Morgan fingerprint density at radius 2 is 1.80 bits per heavy atom. The van der Waals surface area contributed by atoms with Crippen LogP contribution < -0.4 is 0 Å². The standard InChI is InChI=1S/C16H14FN3/c1-11-9-18-8-7-14(11)15-10-20(2)19-16(15)12-3-5-13(17)6-4-12/h3-10H,1-2H3. The summed E-state index contributed by atoms with van der Waals surface area (Å²) in [6.45, 7) is 2.02. The molecule has 3 nitrogen and oxygen atoms in total. The molecule has 0 radical (unpaired) electrons. The van der Waals surface area contributed by atoms with Crippen molar-refractivity contribution in [3.8, 4) is 22.4 Å². The number of nitrogens with zero attached hydrogens (tertiary/aromatic N) is 3. The molecule has 0 aliphatic heterocycles. The topological polar surface area (TPSA) is 30.7 Å². The Kier molecular flexibility index (Phi) is 3.06. The van der Waals surface area contributed by atoms with E-state index in [4.69, 9.17) is 0 Å². The maximum absolute atomic E-state index is 13.1. The van der Waals surface area contributed by atoms with Crippen LogP contribution in [0.4, 0.5) is 4.39 Å². The van der Waals surface area contributed by atoms with E-state index in [1.165, 1.54) is 12.1 Å². The molecule has 0 spiro atoms. The summed E-state index contributed by atoms with van der Waals surface area (Å²) in [6.07, 6.45) is 5.57. The van der Waals surface area contributed by atoms with Gasteiger partial charge in [-0.25, -0.2) is 4.39 Å². The van der Waals surface area contributed by atoms with Crippen LogP contribution in [0.3, 0.4) is 0 Å². The molecule has 4 heteroatoms. The van der Waals surface area contributed by atoms with Crippen LogP contribution in [-0.4, -0.2) is 14.8 Å². The van der Waals surface area contributed by atoms with Crippen LogP contribution in [0.15, 0.2) is 48.9 Å². The number of pyridine rings is 1. The van der Waals surface area contributed by atoms with E-state index in [0.29, 0.717) is 0 Å². The van der Waals surface area contributed by atoms with Crippen molar-refractivity contribution in [1.82, 2.24) is 14.8 Å². The monoisotopic (exact) mass is 267 g/mol. The minimum absolute atomic E-state index is 0.244. The minimum Gasteiger partial charge on any atom is -0.275 e. The Hall–Kier alpha value is -2.49. The zero-order chi connectivity index (χ0) is 14.1. The first kappa shape index (κ1) is 12.5. The highest BCUT2D eigenvalue weighted by Gasteiger charge is 2.13. The van der Waals surface area contributed by atoms with Crippen molar-refractivity contribution < 1.29 is 4.39 Å². The van der Waals surface area contributed by atoms with Gasteiger partial charge in [-0.3, -0.25) is 9.67 Å². The molecule has 0 saturated carbocycles. The van der Waals surface area contributed by atoms with Crippen molar-refractivity contribution in [2.75, 3.05) is 0 Å². The summed E-state index contributed by atoms with van der Waals surface area (Å²) in [7, 11) is 1.88. The van der Waals surface area contributed by atoms with E-state index in [2.05, 4.69) is 10.1 Å². The lowest BCUT2D eigenvalue weighted by Gasteiger charge is -2.05. The van der Waals surface area contributed by atoms with Crippen LogP contribution in [0, 0.1) is 12.7 Å². The van der Waals surface area contributed by atoms with Crippen molar-refractivity contribution >= 4 is 0 Å². The van der Waals surface area contributed by atoms with Gasteiger partial charge in [-0.05, 0) is 48.4 Å². The summed E-state index contributed by atoms with van der Waals surface area (Å²) in [5, 5.41) is 4.50. The van der Waals surface area contributed by atoms with E-state index in [9.17, 15) is 4.39 Å². The lowest BCUT2D eigenvalue weighted by molar-refractivity contribution is 0.628. The summed E-state index contributed by atoms with van der Waals surface area (Å²) in [5.41, 5.74) is 4.95. The zero-order valence-corrected chi connectivity index (χ0v) is 11.3. The van der Waals surface area contributed by atoms with Gasteiger partial charge < -0.3 is 0 Å². The Morgan fingerprint density at radius 3 is 2.50 bits per heavy atom. The molecule has 0 N–H and O–H groups in total. The maximum atomic E-state index is 13.1. The van der Waals surface area contributed by atoms with E-state index in [1.807, 2.05) is 32.4 Å². The van der Waals surface area contributed by atoms with E-state index < -0.39 is 0 Å². The van der Waals surface area contributed by atoms with Gasteiger partial charge in [0.15, 0.2) is 0 Å². The third kappa shape index (κ3) is 2.20. The smallest absolute Gasteiger partial charge is 0.123 e. The zero-order valence-electron chi connectivity index (χ0n) is 11.3. The largest absolute Gasteiger partial charge is 0.275 e. The number of hydrogen-bond donors (Lipinski definition) is 0. The molecule has 2 aromatic heterocycles. The summed E-state index contributed by atoms with van der Waals surface area (Å²) in [4.78, 5) is 4.11. The predicted octanol–water partition coefficient (Wildman–Crippen LogP) is 3.60. The van der Waals surface area contributed by atoms with Crippen molar-refractivity contribution in [1.29, 1.82) is 0 Å². The van der Waals surface area contributed by atoms with Crippen LogP contribution in [0.2, 0.25) is 0 Å².